The summed E-state index contributed by atoms with van der Waals surface area (Å²) >= 11 is 0. The van der Waals surface area contributed by atoms with Crippen LogP contribution in [0.1, 0.15) is 41.7 Å². The van der Waals surface area contributed by atoms with Crippen LogP contribution in [0.3, 0.4) is 0 Å². The van der Waals surface area contributed by atoms with Gasteiger partial charge in [-0.1, -0.05) is 0 Å². The fraction of sp³-hybridized carbons (Fsp3) is 0.500. The number of aromatic nitrogens is 3. The summed E-state index contributed by atoms with van der Waals surface area (Å²) < 4.78 is 5.49. The SMILES string of the molecule is CO[C@@H]1CC[C@H](N2CC(=O)Nc3ncc(-c4ccc(C(C)(C)O)nc4)nc32)C1.[HH].[HH]. The lowest BCUT2D eigenvalue weighted by Gasteiger charge is -2.34. The standard InChI is InChI=1S/C20H25N5O3.2H2/c1-20(2,27)16-7-4-12(9-21-16)15-10-22-18-19(23-15)25(11-17(26)24-18)13-5-6-14(8-13)28-3;;/h4,7,9-10,13-14,27H,5-6,8,11H2,1-3H3,(H,22,24,26);2*1H/t13-,14+;;/m0../s1. The fourth-order valence-corrected chi connectivity index (χ4v) is 3.83. The summed E-state index contributed by atoms with van der Waals surface area (Å²) in [5.74, 6) is 1.10. The maximum absolute atomic E-state index is 12.1. The largest absolute Gasteiger partial charge is 0.384 e. The summed E-state index contributed by atoms with van der Waals surface area (Å²) in [5.41, 5.74) is 1.08. The quantitative estimate of drug-likeness (QED) is 0.831. The zero-order valence-corrected chi connectivity index (χ0v) is 16.3. The zero-order chi connectivity index (χ0) is 19.9. The van der Waals surface area contributed by atoms with E-state index in [9.17, 15) is 9.90 Å². The van der Waals surface area contributed by atoms with Crippen LogP contribution in [0.4, 0.5) is 11.6 Å². The molecule has 0 saturated heterocycles. The summed E-state index contributed by atoms with van der Waals surface area (Å²) in [7, 11) is 1.73. The molecule has 1 amide bonds. The summed E-state index contributed by atoms with van der Waals surface area (Å²) in [5, 5.41) is 12.9. The first-order chi connectivity index (χ1) is 13.3. The van der Waals surface area contributed by atoms with E-state index in [4.69, 9.17) is 9.72 Å². The highest BCUT2D eigenvalue weighted by Gasteiger charge is 2.35. The number of rotatable bonds is 4. The molecule has 8 heteroatoms. The number of aliphatic hydroxyl groups is 1. The summed E-state index contributed by atoms with van der Waals surface area (Å²) in [6, 6.07) is 3.87. The van der Waals surface area contributed by atoms with Gasteiger partial charge in [0.2, 0.25) is 5.91 Å². The van der Waals surface area contributed by atoms with E-state index in [0.29, 0.717) is 23.0 Å². The van der Waals surface area contributed by atoms with E-state index in [2.05, 4.69) is 15.3 Å². The second-order valence-electron chi connectivity index (χ2n) is 7.92. The van der Waals surface area contributed by atoms with Crippen molar-refractivity contribution in [2.75, 3.05) is 23.9 Å². The van der Waals surface area contributed by atoms with Gasteiger partial charge in [-0.3, -0.25) is 9.78 Å². The minimum Gasteiger partial charge on any atom is -0.384 e. The van der Waals surface area contributed by atoms with Crippen molar-refractivity contribution in [1.82, 2.24) is 15.0 Å². The highest BCUT2D eigenvalue weighted by molar-refractivity contribution is 5.99. The Labute approximate surface area is 166 Å². The number of ether oxygens (including phenoxy) is 1. The van der Waals surface area contributed by atoms with Crippen molar-refractivity contribution < 1.29 is 17.5 Å². The molecule has 1 fully saturated rings. The van der Waals surface area contributed by atoms with Crippen LogP contribution in [0.2, 0.25) is 0 Å². The number of hydrogen-bond donors (Lipinski definition) is 2. The third-order valence-corrected chi connectivity index (χ3v) is 5.41. The van der Waals surface area contributed by atoms with Gasteiger partial charge in [0, 0.05) is 27.8 Å². The van der Waals surface area contributed by atoms with E-state index in [-0.39, 0.29) is 27.5 Å². The molecule has 0 spiro atoms. The molecule has 2 atom stereocenters. The van der Waals surface area contributed by atoms with Crippen LogP contribution in [-0.2, 0) is 15.1 Å². The first-order valence-electron chi connectivity index (χ1n) is 9.51. The number of pyridine rings is 1. The van der Waals surface area contributed by atoms with Gasteiger partial charge >= 0.3 is 0 Å². The lowest BCUT2D eigenvalue weighted by atomic mass is 10.0. The summed E-state index contributed by atoms with van der Waals surface area (Å²) in [4.78, 5) is 27.8. The first-order valence-corrected chi connectivity index (χ1v) is 9.51. The molecular formula is C20H29N5O3. The van der Waals surface area contributed by atoms with Crippen LogP contribution in [0.5, 0.6) is 0 Å². The first kappa shape index (κ1) is 18.8. The average molecular weight is 387 g/mol. The predicted molar refractivity (Wildman–Crippen MR) is 109 cm³/mol. The van der Waals surface area contributed by atoms with Crippen molar-refractivity contribution in [3.05, 3.63) is 30.2 Å². The van der Waals surface area contributed by atoms with Crippen LogP contribution in [0.15, 0.2) is 24.5 Å². The Bertz CT molecular complexity index is 889. The van der Waals surface area contributed by atoms with Gasteiger partial charge in [-0.2, -0.15) is 0 Å². The van der Waals surface area contributed by atoms with E-state index in [0.717, 1.165) is 24.8 Å². The number of carbonyl (C=O) groups excluding carboxylic acids is 1. The molecule has 2 N–H and O–H groups in total. The summed E-state index contributed by atoms with van der Waals surface area (Å²) in [6.07, 6.45) is 6.34. The van der Waals surface area contributed by atoms with Gasteiger partial charge in [-0.15, -0.1) is 0 Å². The molecule has 152 valence electrons. The van der Waals surface area contributed by atoms with Gasteiger partial charge in [-0.05, 0) is 45.2 Å². The Kier molecular flexibility index (Phi) is 4.76. The minimum absolute atomic E-state index is 0. The lowest BCUT2D eigenvalue weighted by Crippen LogP contribution is -2.44. The molecule has 4 rings (SSSR count). The molecule has 3 heterocycles. The normalized spacial score (nSPS) is 22.1. The minimum atomic E-state index is -0.999. The van der Waals surface area contributed by atoms with Gasteiger partial charge < -0.3 is 20.1 Å². The monoisotopic (exact) mass is 387 g/mol. The molecule has 0 bridgehead atoms. The van der Waals surface area contributed by atoms with Gasteiger partial charge in [0.1, 0.15) is 5.60 Å². The van der Waals surface area contributed by atoms with Crippen LogP contribution in [0.25, 0.3) is 11.3 Å². The van der Waals surface area contributed by atoms with Gasteiger partial charge in [0.25, 0.3) is 0 Å². The summed E-state index contributed by atoms with van der Waals surface area (Å²) in [6.45, 7) is 3.66. The van der Waals surface area contributed by atoms with Gasteiger partial charge in [0.15, 0.2) is 11.6 Å². The van der Waals surface area contributed by atoms with E-state index in [1.165, 1.54) is 0 Å². The van der Waals surface area contributed by atoms with Crippen molar-refractivity contribution in [3.8, 4) is 11.3 Å². The molecule has 0 aromatic carbocycles. The molecular weight excluding hydrogens is 358 g/mol. The molecule has 1 saturated carbocycles. The number of nitrogens with one attached hydrogen (secondary N) is 1. The molecule has 1 aliphatic carbocycles. The number of anilines is 2. The maximum atomic E-state index is 12.1. The van der Waals surface area contributed by atoms with Crippen molar-refractivity contribution in [3.63, 3.8) is 0 Å². The number of hydrogen-bond acceptors (Lipinski definition) is 7. The molecule has 2 aromatic heterocycles. The number of fused-ring (bicyclic) bond motifs is 1. The van der Waals surface area contributed by atoms with Crippen LogP contribution in [-0.4, -0.2) is 51.8 Å². The lowest BCUT2D eigenvalue weighted by molar-refractivity contribution is -0.115. The number of nitrogens with zero attached hydrogens (tertiary/aromatic N) is 4. The third kappa shape index (κ3) is 3.57. The Hall–Kier alpha value is -2.58. The van der Waals surface area contributed by atoms with Crippen molar-refractivity contribution in [2.24, 2.45) is 0 Å². The Morgan fingerprint density at radius 1 is 1.29 bits per heavy atom. The van der Waals surface area contributed by atoms with E-state index in [1.807, 2.05) is 11.0 Å². The van der Waals surface area contributed by atoms with Crippen molar-refractivity contribution >= 4 is 17.5 Å². The molecule has 0 unspecified atom stereocenters. The third-order valence-electron chi connectivity index (χ3n) is 5.41. The molecule has 8 nitrogen and oxygen atoms in total. The molecule has 0 radical (unpaired) electrons. The molecule has 2 aromatic rings. The Morgan fingerprint density at radius 2 is 2.11 bits per heavy atom. The van der Waals surface area contributed by atoms with E-state index >= 15 is 0 Å². The second-order valence-corrected chi connectivity index (χ2v) is 7.92. The highest BCUT2D eigenvalue weighted by Crippen LogP contribution is 2.35. The number of amides is 1. The van der Waals surface area contributed by atoms with Gasteiger partial charge in [-0.25, -0.2) is 9.97 Å². The van der Waals surface area contributed by atoms with Gasteiger partial charge in [0.05, 0.1) is 30.2 Å². The molecule has 28 heavy (non-hydrogen) atoms. The smallest absolute Gasteiger partial charge is 0.245 e. The Morgan fingerprint density at radius 3 is 2.75 bits per heavy atom. The van der Waals surface area contributed by atoms with E-state index < -0.39 is 5.60 Å². The topological polar surface area (TPSA) is 100 Å². The fourth-order valence-electron chi connectivity index (χ4n) is 3.83. The van der Waals surface area contributed by atoms with Crippen LogP contribution >= 0.6 is 0 Å². The molecule has 2 aliphatic rings. The number of methoxy groups -OCH3 is 1. The van der Waals surface area contributed by atoms with Crippen molar-refractivity contribution in [1.29, 1.82) is 0 Å². The van der Waals surface area contributed by atoms with Crippen molar-refractivity contribution in [2.45, 2.75) is 50.9 Å². The Balaban J connectivity index is 0.00000160. The second kappa shape index (κ2) is 7.10. The number of carbonyl (C=O) groups is 1. The zero-order valence-electron chi connectivity index (χ0n) is 16.3. The van der Waals surface area contributed by atoms with Crippen LogP contribution in [0, 0.1) is 0 Å². The molecule has 1 aliphatic heterocycles. The van der Waals surface area contributed by atoms with Crippen LogP contribution < -0.4 is 10.2 Å². The van der Waals surface area contributed by atoms with E-state index in [1.54, 1.807) is 39.4 Å². The highest BCUT2D eigenvalue weighted by atomic mass is 16.5. The predicted octanol–water partition coefficient (Wildman–Crippen LogP) is 2.58. The maximum Gasteiger partial charge on any atom is 0.245 e. The average Bonchev–Trinajstić information content (AvgIpc) is 3.15.